The van der Waals surface area contributed by atoms with Gasteiger partial charge in [0.1, 0.15) is 0 Å². The van der Waals surface area contributed by atoms with E-state index in [4.69, 9.17) is 0 Å². The van der Waals surface area contributed by atoms with Crippen molar-refractivity contribution < 1.29 is 4.79 Å². The van der Waals surface area contributed by atoms with Gasteiger partial charge in [-0.1, -0.05) is 0 Å². The van der Waals surface area contributed by atoms with Gasteiger partial charge in [0, 0.05) is 18.9 Å². The first kappa shape index (κ1) is 9.27. The molecule has 1 saturated heterocycles. The molecule has 1 aliphatic heterocycles. The number of H-pyrrole nitrogens is 1. The third-order valence-corrected chi connectivity index (χ3v) is 2.53. The number of hydrogen-bond donors (Lipinski definition) is 3. The minimum absolute atomic E-state index is 0.122. The highest BCUT2D eigenvalue weighted by Gasteiger charge is 2.20. The predicted molar refractivity (Wildman–Crippen MR) is 55.0 cm³/mol. The molecule has 1 aliphatic rings. The number of hydrogen-bond acceptors (Lipinski definition) is 2. The molecule has 1 fully saturated rings. The molecule has 0 aliphatic carbocycles. The lowest BCUT2D eigenvalue weighted by Crippen LogP contribution is -2.37. The molecule has 76 valence electrons. The largest absolute Gasteiger partial charge is 0.366 e. The Morgan fingerprint density at radius 3 is 3.14 bits per heavy atom. The molecule has 4 nitrogen and oxygen atoms in total. The smallest absolute Gasteiger partial charge is 0.228 e. The first-order valence-electron chi connectivity index (χ1n) is 5.00. The lowest BCUT2D eigenvalue weighted by molar-refractivity contribution is -0.120. The van der Waals surface area contributed by atoms with Crippen LogP contribution in [0.1, 0.15) is 12.8 Å². The van der Waals surface area contributed by atoms with E-state index in [1.165, 1.54) is 0 Å². The zero-order valence-corrected chi connectivity index (χ0v) is 8.05. The van der Waals surface area contributed by atoms with Crippen molar-refractivity contribution in [2.45, 2.75) is 12.8 Å². The number of aromatic amines is 1. The molecule has 1 atom stereocenters. The highest BCUT2D eigenvalue weighted by atomic mass is 16.1. The van der Waals surface area contributed by atoms with Gasteiger partial charge < -0.3 is 15.6 Å². The Kier molecular flexibility index (Phi) is 2.84. The Morgan fingerprint density at radius 2 is 2.50 bits per heavy atom. The molecule has 0 aromatic carbocycles. The summed E-state index contributed by atoms with van der Waals surface area (Å²) in [6.07, 6.45) is 5.66. The highest BCUT2D eigenvalue weighted by Crippen LogP contribution is 2.13. The molecule has 0 saturated carbocycles. The molecule has 2 rings (SSSR count). The summed E-state index contributed by atoms with van der Waals surface area (Å²) >= 11 is 0. The van der Waals surface area contributed by atoms with E-state index in [0.29, 0.717) is 0 Å². The number of rotatable bonds is 2. The van der Waals surface area contributed by atoms with E-state index >= 15 is 0 Å². The van der Waals surface area contributed by atoms with Crippen LogP contribution in [0, 0.1) is 5.92 Å². The van der Waals surface area contributed by atoms with Crippen LogP contribution in [0.4, 0.5) is 5.69 Å². The number of aromatic nitrogens is 1. The van der Waals surface area contributed by atoms with Crippen molar-refractivity contribution in [2.24, 2.45) is 5.92 Å². The summed E-state index contributed by atoms with van der Waals surface area (Å²) in [6.45, 7) is 1.84. The van der Waals surface area contributed by atoms with Crippen molar-refractivity contribution in [3.63, 3.8) is 0 Å². The van der Waals surface area contributed by atoms with Gasteiger partial charge in [-0.3, -0.25) is 4.79 Å². The first-order valence-corrected chi connectivity index (χ1v) is 5.00. The van der Waals surface area contributed by atoms with Gasteiger partial charge in [0.25, 0.3) is 0 Å². The summed E-state index contributed by atoms with van der Waals surface area (Å²) in [6, 6.07) is 1.86. The van der Waals surface area contributed by atoms with Crippen LogP contribution in [0.2, 0.25) is 0 Å². The standard InChI is InChI=1S/C10H15N3O/c14-10(8-2-1-4-11-6-8)13-9-3-5-12-7-9/h3,5,7-8,11-12H,1-2,4,6H2,(H,13,14). The van der Waals surface area contributed by atoms with E-state index in [9.17, 15) is 4.79 Å². The third-order valence-electron chi connectivity index (χ3n) is 2.53. The van der Waals surface area contributed by atoms with Crippen molar-refractivity contribution in [3.05, 3.63) is 18.5 Å². The number of amides is 1. The fraction of sp³-hybridized carbons (Fsp3) is 0.500. The van der Waals surface area contributed by atoms with Gasteiger partial charge in [-0.05, 0) is 25.5 Å². The Morgan fingerprint density at radius 1 is 1.57 bits per heavy atom. The maximum atomic E-state index is 11.7. The average molecular weight is 193 g/mol. The monoisotopic (exact) mass is 193 g/mol. The number of anilines is 1. The lowest BCUT2D eigenvalue weighted by Gasteiger charge is -2.21. The summed E-state index contributed by atoms with van der Waals surface area (Å²) in [4.78, 5) is 14.6. The van der Waals surface area contributed by atoms with E-state index in [0.717, 1.165) is 31.6 Å². The molecular formula is C10H15N3O. The van der Waals surface area contributed by atoms with E-state index in [1.54, 1.807) is 12.4 Å². The van der Waals surface area contributed by atoms with Crippen LogP contribution < -0.4 is 10.6 Å². The van der Waals surface area contributed by atoms with Crippen LogP contribution in [0.3, 0.4) is 0 Å². The topological polar surface area (TPSA) is 56.9 Å². The van der Waals surface area contributed by atoms with Gasteiger partial charge in [-0.15, -0.1) is 0 Å². The number of carbonyl (C=O) groups is 1. The van der Waals surface area contributed by atoms with Gasteiger partial charge in [-0.2, -0.15) is 0 Å². The third kappa shape index (κ3) is 2.14. The molecule has 0 radical (unpaired) electrons. The van der Waals surface area contributed by atoms with Crippen molar-refractivity contribution in [3.8, 4) is 0 Å². The minimum Gasteiger partial charge on any atom is -0.366 e. The second-order valence-electron chi connectivity index (χ2n) is 3.63. The SMILES string of the molecule is O=C(Nc1cc[nH]c1)C1CCCNC1. The fourth-order valence-corrected chi connectivity index (χ4v) is 1.72. The predicted octanol–water partition coefficient (Wildman–Crippen LogP) is 0.953. The molecule has 4 heteroatoms. The summed E-state index contributed by atoms with van der Waals surface area (Å²) in [5, 5.41) is 6.11. The number of nitrogens with one attached hydrogen (secondary N) is 3. The zero-order chi connectivity index (χ0) is 9.80. The van der Waals surface area contributed by atoms with Crippen LogP contribution in [0.5, 0.6) is 0 Å². The second kappa shape index (κ2) is 4.28. The van der Waals surface area contributed by atoms with Crippen LogP contribution in [-0.4, -0.2) is 24.0 Å². The molecule has 1 aromatic rings. The van der Waals surface area contributed by atoms with Gasteiger partial charge in [0.2, 0.25) is 5.91 Å². The second-order valence-corrected chi connectivity index (χ2v) is 3.63. The summed E-state index contributed by atoms with van der Waals surface area (Å²) in [7, 11) is 0. The van der Waals surface area contributed by atoms with E-state index in [2.05, 4.69) is 15.6 Å². The van der Waals surface area contributed by atoms with Crippen LogP contribution in [-0.2, 0) is 4.79 Å². The van der Waals surface area contributed by atoms with Crippen molar-refractivity contribution >= 4 is 11.6 Å². The summed E-state index contributed by atoms with van der Waals surface area (Å²) in [5.41, 5.74) is 0.848. The Bertz CT molecular complexity index is 288. The molecule has 3 N–H and O–H groups in total. The Labute approximate surface area is 83.1 Å². The molecule has 1 unspecified atom stereocenters. The first-order chi connectivity index (χ1) is 6.86. The molecule has 1 amide bonds. The van der Waals surface area contributed by atoms with E-state index in [1.807, 2.05) is 6.07 Å². The Balaban J connectivity index is 1.88. The fourth-order valence-electron chi connectivity index (χ4n) is 1.72. The Hall–Kier alpha value is -1.29. The number of piperidine rings is 1. The van der Waals surface area contributed by atoms with Crippen molar-refractivity contribution in [1.82, 2.24) is 10.3 Å². The van der Waals surface area contributed by atoms with Crippen molar-refractivity contribution in [1.29, 1.82) is 0 Å². The normalized spacial score (nSPS) is 21.9. The maximum absolute atomic E-state index is 11.7. The average Bonchev–Trinajstić information content (AvgIpc) is 2.72. The van der Waals surface area contributed by atoms with Crippen LogP contribution in [0.15, 0.2) is 18.5 Å². The van der Waals surface area contributed by atoms with Crippen LogP contribution in [0.25, 0.3) is 0 Å². The lowest BCUT2D eigenvalue weighted by atomic mass is 9.99. The van der Waals surface area contributed by atoms with Gasteiger partial charge >= 0.3 is 0 Å². The molecule has 1 aromatic heterocycles. The zero-order valence-electron chi connectivity index (χ0n) is 8.05. The quantitative estimate of drug-likeness (QED) is 0.655. The molecule has 14 heavy (non-hydrogen) atoms. The van der Waals surface area contributed by atoms with E-state index < -0.39 is 0 Å². The summed E-state index contributed by atoms with van der Waals surface area (Å²) in [5.74, 6) is 0.246. The highest BCUT2D eigenvalue weighted by molar-refractivity contribution is 5.92. The molecule has 0 spiro atoms. The van der Waals surface area contributed by atoms with Gasteiger partial charge in [-0.25, -0.2) is 0 Å². The van der Waals surface area contributed by atoms with Gasteiger partial charge in [0.05, 0.1) is 11.6 Å². The summed E-state index contributed by atoms with van der Waals surface area (Å²) < 4.78 is 0. The van der Waals surface area contributed by atoms with Gasteiger partial charge in [0.15, 0.2) is 0 Å². The van der Waals surface area contributed by atoms with E-state index in [-0.39, 0.29) is 11.8 Å². The number of carbonyl (C=O) groups excluding carboxylic acids is 1. The van der Waals surface area contributed by atoms with Crippen LogP contribution >= 0.6 is 0 Å². The van der Waals surface area contributed by atoms with Crippen molar-refractivity contribution in [2.75, 3.05) is 18.4 Å². The molecule has 0 bridgehead atoms. The molecule has 2 heterocycles. The minimum atomic E-state index is 0.122. The maximum Gasteiger partial charge on any atom is 0.228 e. The molecular weight excluding hydrogens is 178 g/mol.